The molecule has 4 rings (SSSR count). The second kappa shape index (κ2) is 10.7. The summed E-state index contributed by atoms with van der Waals surface area (Å²) in [7, 11) is 0. The first-order chi connectivity index (χ1) is 15.9. The summed E-state index contributed by atoms with van der Waals surface area (Å²) in [6.45, 7) is 5.65. The fourth-order valence-electron chi connectivity index (χ4n) is 4.49. The number of ether oxygens (including phenoxy) is 2. The van der Waals surface area contributed by atoms with E-state index >= 15 is 0 Å². The first kappa shape index (κ1) is 23.7. The number of carbonyl (C=O) groups excluding carboxylic acids is 2. The van der Waals surface area contributed by atoms with Crippen molar-refractivity contribution >= 4 is 23.2 Å². The van der Waals surface area contributed by atoms with Crippen molar-refractivity contribution in [2.75, 3.05) is 32.8 Å². The van der Waals surface area contributed by atoms with Crippen LogP contribution in [0.4, 0.5) is 4.39 Å². The van der Waals surface area contributed by atoms with E-state index in [1.807, 2.05) is 30.2 Å². The van der Waals surface area contributed by atoms with Gasteiger partial charge in [-0.15, -0.1) is 11.3 Å². The molecule has 0 radical (unpaired) electrons. The van der Waals surface area contributed by atoms with Crippen LogP contribution in [0.1, 0.15) is 43.2 Å². The molecule has 2 aliphatic heterocycles. The Hall–Kier alpha value is -2.45. The van der Waals surface area contributed by atoms with Crippen molar-refractivity contribution in [3.8, 4) is 5.75 Å². The van der Waals surface area contributed by atoms with Crippen LogP contribution in [0.3, 0.4) is 0 Å². The van der Waals surface area contributed by atoms with Gasteiger partial charge in [0, 0.05) is 36.6 Å². The highest BCUT2D eigenvalue weighted by Crippen LogP contribution is 2.34. The predicted molar refractivity (Wildman–Crippen MR) is 125 cm³/mol. The Labute approximate surface area is 198 Å². The second-order valence-corrected chi connectivity index (χ2v) is 9.93. The summed E-state index contributed by atoms with van der Waals surface area (Å²) in [5.74, 6) is -0.278. The molecule has 0 spiro atoms. The SMILES string of the molecule is CC(C)C(=O)N(CC(=O)N1CCc2sccc2[C@@H]1COc1cccc(F)c1)C[C@@H]1CCCO1. The van der Waals surface area contributed by atoms with Gasteiger partial charge in [0.15, 0.2) is 0 Å². The van der Waals surface area contributed by atoms with Gasteiger partial charge in [-0.1, -0.05) is 19.9 Å². The number of hydrogen-bond acceptors (Lipinski definition) is 5. The van der Waals surface area contributed by atoms with E-state index in [2.05, 4.69) is 0 Å². The lowest BCUT2D eigenvalue weighted by Gasteiger charge is -2.37. The molecule has 0 N–H and O–H groups in total. The zero-order valence-electron chi connectivity index (χ0n) is 19.2. The number of carbonyl (C=O) groups is 2. The van der Waals surface area contributed by atoms with Crippen LogP contribution in [0, 0.1) is 11.7 Å². The van der Waals surface area contributed by atoms with Crippen molar-refractivity contribution in [3.05, 3.63) is 52.0 Å². The van der Waals surface area contributed by atoms with Crippen LogP contribution >= 0.6 is 11.3 Å². The Balaban J connectivity index is 1.50. The Morgan fingerprint density at radius 2 is 2.18 bits per heavy atom. The van der Waals surface area contributed by atoms with Gasteiger partial charge in [0.2, 0.25) is 11.8 Å². The van der Waals surface area contributed by atoms with Gasteiger partial charge in [-0.25, -0.2) is 4.39 Å². The molecule has 1 fully saturated rings. The third-order valence-electron chi connectivity index (χ3n) is 6.20. The van der Waals surface area contributed by atoms with Crippen molar-refractivity contribution < 1.29 is 23.5 Å². The molecule has 0 aliphatic carbocycles. The summed E-state index contributed by atoms with van der Waals surface area (Å²) in [6.07, 6.45) is 2.65. The number of benzene rings is 1. The van der Waals surface area contributed by atoms with Gasteiger partial charge in [0.25, 0.3) is 0 Å². The Kier molecular flexibility index (Phi) is 7.65. The van der Waals surface area contributed by atoms with E-state index < -0.39 is 0 Å². The maximum Gasteiger partial charge on any atom is 0.242 e. The zero-order valence-corrected chi connectivity index (χ0v) is 20.0. The number of halogens is 1. The molecule has 2 aliphatic rings. The number of rotatable bonds is 8. The van der Waals surface area contributed by atoms with Crippen molar-refractivity contribution in [3.63, 3.8) is 0 Å². The minimum absolute atomic E-state index is 0.0163. The number of hydrogen-bond donors (Lipinski definition) is 0. The smallest absolute Gasteiger partial charge is 0.242 e. The molecule has 178 valence electrons. The topological polar surface area (TPSA) is 59.1 Å². The van der Waals surface area contributed by atoms with Crippen molar-refractivity contribution in [2.24, 2.45) is 5.92 Å². The van der Waals surface area contributed by atoms with Crippen LogP contribution in [0.15, 0.2) is 35.7 Å². The van der Waals surface area contributed by atoms with Crippen molar-refractivity contribution in [1.29, 1.82) is 0 Å². The Morgan fingerprint density at radius 3 is 2.91 bits per heavy atom. The van der Waals surface area contributed by atoms with Crippen molar-refractivity contribution in [2.45, 2.75) is 45.3 Å². The molecule has 2 amide bonds. The average molecular weight is 475 g/mol. The highest BCUT2D eigenvalue weighted by molar-refractivity contribution is 7.10. The van der Waals surface area contributed by atoms with E-state index in [4.69, 9.17) is 9.47 Å². The molecule has 1 aromatic heterocycles. The largest absolute Gasteiger partial charge is 0.491 e. The van der Waals surface area contributed by atoms with Crippen LogP contribution in [0.2, 0.25) is 0 Å². The van der Waals surface area contributed by atoms with Gasteiger partial charge in [0.1, 0.15) is 18.2 Å². The van der Waals surface area contributed by atoms with E-state index in [0.717, 1.165) is 24.8 Å². The van der Waals surface area contributed by atoms with Gasteiger partial charge in [0.05, 0.1) is 18.7 Å². The first-order valence-corrected chi connectivity index (χ1v) is 12.4. The molecule has 1 saturated heterocycles. The highest BCUT2D eigenvalue weighted by atomic mass is 32.1. The molecule has 2 atom stereocenters. The molecular weight excluding hydrogens is 443 g/mol. The molecule has 6 nitrogen and oxygen atoms in total. The van der Waals surface area contributed by atoms with Crippen molar-refractivity contribution in [1.82, 2.24) is 9.80 Å². The fraction of sp³-hybridized carbons (Fsp3) is 0.520. The number of amides is 2. The number of thiophene rings is 1. The summed E-state index contributed by atoms with van der Waals surface area (Å²) < 4.78 is 25.2. The van der Waals surface area contributed by atoms with Crippen LogP contribution in [-0.2, 0) is 20.7 Å². The van der Waals surface area contributed by atoms with Gasteiger partial charge >= 0.3 is 0 Å². The zero-order chi connectivity index (χ0) is 23.4. The van der Waals surface area contributed by atoms with Crippen LogP contribution in [0.25, 0.3) is 0 Å². The fourth-order valence-corrected chi connectivity index (χ4v) is 5.42. The lowest BCUT2D eigenvalue weighted by Crippen LogP contribution is -2.50. The number of nitrogens with zero attached hydrogens (tertiary/aromatic N) is 2. The van der Waals surface area contributed by atoms with E-state index in [1.54, 1.807) is 28.4 Å². The normalized spacial score (nSPS) is 20.1. The van der Waals surface area contributed by atoms with Gasteiger partial charge in [-0.05, 0) is 48.4 Å². The standard InChI is InChI=1S/C25H31FN2O4S/c1-17(2)25(30)27(14-20-7-4-11-31-20)15-24(29)28-10-8-23-21(9-12-33-23)22(28)16-32-19-6-3-5-18(26)13-19/h3,5-6,9,12-13,17,20,22H,4,7-8,10-11,14-16H2,1-2H3/t20-,22-/m0/s1. The minimum Gasteiger partial charge on any atom is -0.491 e. The maximum atomic E-state index is 13.6. The third kappa shape index (κ3) is 5.73. The molecule has 1 aromatic carbocycles. The quantitative estimate of drug-likeness (QED) is 0.579. The predicted octanol–water partition coefficient (Wildman–Crippen LogP) is 4.06. The molecule has 2 aromatic rings. The van der Waals surface area contributed by atoms with E-state index in [9.17, 15) is 14.0 Å². The van der Waals surface area contributed by atoms with Crippen LogP contribution in [-0.4, -0.2) is 60.6 Å². The summed E-state index contributed by atoms with van der Waals surface area (Å²) in [4.78, 5) is 31.1. The number of fused-ring (bicyclic) bond motifs is 1. The van der Waals surface area contributed by atoms with Gasteiger partial charge < -0.3 is 19.3 Å². The van der Waals surface area contributed by atoms with Gasteiger partial charge in [-0.2, -0.15) is 0 Å². The van der Waals surface area contributed by atoms with E-state index in [1.165, 1.54) is 17.0 Å². The summed E-state index contributed by atoms with van der Waals surface area (Å²) in [6, 6.07) is 7.77. The summed E-state index contributed by atoms with van der Waals surface area (Å²) in [5, 5.41) is 2.03. The molecular formula is C25H31FN2O4S. The lowest BCUT2D eigenvalue weighted by atomic mass is 10.00. The minimum atomic E-state index is -0.364. The van der Waals surface area contributed by atoms with E-state index in [-0.39, 0.29) is 48.8 Å². The first-order valence-electron chi connectivity index (χ1n) is 11.6. The molecule has 8 heteroatoms. The summed E-state index contributed by atoms with van der Waals surface area (Å²) >= 11 is 1.68. The second-order valence-electron chi connectivity index (χ2n) is 8.93. The molecule has 33 heavy (non-hydrogen) atoms. The molecule has 0 unspecified atom stereocenters. The summed E-state index contributed by atoms with van der Waals surface area (Å²) in [5.41, 5.74) is 1.07. The van der Waals surface area contributed by atoms with Crippen LogP contribution < -0.4 is 4.74 Å². The monoisotopic (exact) mass is 474 g/mol. The average Bonchev–Trinajstić information content (AvgIpc) is 3.48. The molecule has 0 bridgehead atoms. The van der Waals surface area contributed by atoms with Gasteiger partial charge in [-0.3, -0.25) is 9.59 Å². The molecule has 0 saturated carbocycles. The maximum absolute atomic E-state index is 13.6. The third-order valence-corrected chi connectivity index (χ3v) is 7.20. The lowest BCUT2D eigenvalue weighted by molar-refractivity contribution is -0.145. The highest BCUT2D eigenvalue weighted by Gasteiger charge is 2.34. The Morgan fingerprint density at radius 1 is 1.33 bits per heavy atom. The van der Waals surface area contributed by atoms with Crippen LogP contribution in [0.5, 0.6) is 5.75 Å². The molecule has 3 heterocycles. The Bertz CT molecular complexity index is 973. The van der Waals surface area contributed by atoms with E-state index in [0.29, 0.717) is 25.4 Å².